The van der Waals surface area contributed by atoms with Crippen molar-refractivity contribution in [2.45, 2.75) is 19.8 Å². The van der Waals surface area contributed by atoms with Crippen molar-refractivity contribution in [1.29, 1.82) is 0 Å². The van der Waals surface area contributed by atoms with E-state index in [9.17, 15) is 14.0 Å². The number of aromatic carboxylic acids is 1. The van der Waals surface area contributed by atoms with Crippen LogP contribution >= 0.6 is 0 Å². The van der Waals surface area contributed by atoms with Gasteiger partial charge in [0.05, 0.1) is 17.7 Å². The van der Waals surface area contributed by atoms with Crippen LogP contribution in [0.4, 0.5) is 4.39 Å². The molecule has 0 unspecified atom stereocenters. The summed E-state index contributed by atoms with van der Waals surface area (Å²) in [6.07, 6.45) is 1.43. The number of hydrogen-bond donors (Lipinski definition) is 2. The number of carboxylic acid groups (broad SMARTS) is 1. The van der Waals surface area contributed by atoms with Crippen LogP contribution < -0.4 is 10.1 Å². The van der Waals surface area contributed by atoms with Gasteiger partial charge in [0, 0.05) is 6.54 Å². The van der Waals surface area contributed by atoms with E-state index in [2.05, 4.69) is 5.32 Å². The Labute approximate surface area is 145 Å². The predicted octanol–water partition coefficient (Wildman–Crippen LogP) is 3.42. The number of nitrogens with one attached hydrogen (secondary N) is 1. The molecular weight excluding hydrogens is 325 g/mol. The van der Waals surface area contributed by atoms with Gasteiger partial charge in [0.2, 0.25) is 0 Å². The number of amides is 1. The van der Waals surface area contributed by atoms with Gasteiger partial charge in [-0.15, -0.1) is 0 Å². The maximum atomic E-state index is 13.8. The lowest BCUT2D eigenvalue weighted by Gasteiger charge is -2.08. The Hall–Kier alpha value is -2.89. The number of aryl methyl sites for hydroxylation is 1. The van der Waals surface area contributed by atoms with E-state index in [1.807, 2.05) is 31.2 Å². The lowest BCUT2D eigenvalue weighted by atomic mass is 10.1. The third kappa shape index (κ3) is 5.60. The van der Waals surface area contributed by atoms with Crippen molar-refractivity contribution in [2.24, 2.45) is 0 Å². The van der Waals surface area contributed by atoms with Crippen molar-refractivity contribution >= 4 is 11.9 Å². The summed E-state index contributed by atoms with van der Waals surface area (Å²) in [6, 6.07) is 11.0. The summed E-state index contributed by atoms with van der Waals surface area (Å²) in [5.74, 6) is -1.84. The van der Waals surface area contributed by atoms with Gasteiger partial charge in [-0.05, 0) is 50.1 Å². The van der Waals surface area contributed by atoms with Crippen LogP contribution in [0.5, 0.6) is 5.75 Å². The molecule has 0 saturated carbocycles. The Morgan fingerprint density at radius 1 is 1.12 bits per heavy atom. The normalized spacial score (nSPS) is 10.3. The van der Waals surface area contributed by atoms with Gasteiger partial charge in [0.15, 0.2) is 0 Å². The highest BCUT2D eigenvalue weighted by Crippen LogP contribution is 2.12. The van der Waals surface area contributed by atoms with Gasteiger partial charge in [0.1, 0.15) is 11.6 Å². The maximum Gasteiger partial charge on any atom is 0.335 e. The first-order valence-electron chi connectivity index (χ1n) is 7.98. The van der Waals surface area contributed by atoms with Gasteiger partial charge >= 0.3 is 5.97 Å². The smallest absolute Gasteiger partial charge is 0.335 e. The van der Waals surface area contributed by atoms with Gasteiger partial charge in [0.25, 0.3) is 5.91 Å². The molecule has 0 atom stereocenters. The number of hydrogen-bond acceptors (Lipinski definition) is 3. The van der Waals surface area contributed by atoms with Crippen LogP contribution in [0.3, 0.4) is 0 Å². The zero-order valence-electron chi connectivity index (χ0n) is 13.9. The van der Waals surface area contributed by atoms with Crippen LogP contribution in [0, 0.1) is 12.7 Å². The number of carboxylic acids is 1. The summed E-state index contributed by atoms with van der Waals surface area (Å²) in [4.78, 5) is 22.6. The molecule has 0 heterocycles. The topological polar surface area (TPSA) is 75.6 Å². The van der Waals surface area contributed by atoms with E-state index in [1.165, 1.54) is 17.7 Å². The monoisotopic (exact) mass is 345 g/mol. The fraction of sp³-hybridized carbons (Fsp3) is 0.263. The minimum atomic E-state index is -1.24. The molecule has 2 aromatic carbocycles. The summed E-state index contributed by atoms with van der Waals surface area (Å²) >= 11 is 0. The molecule has 0 fully saturated rings. The van der Waals surface area contributed by atoms with E-state index in [0.29, 0.717) is 19.6 Å². The first-order chi connectivity index (χ1) is 12.0. The van der Waals surface area contributed by atoms with Gasteiger partial charge in [-0.25, -0.2) is 9.18 Å². The van der Waals surface area contributed by atoms with Crippen LogP contribution in [-0.4, -0.2) is 30.1 Å². The zero-order chi connectivity index (χ0) is 18.2. The molecule has 0 radical (unpaired) electrons. The van der Waals surface area contributed by atoms with Crippen LogP contribution in [0.2, 0.25) is 0 Å². The van der Waals surface area contributed by atoms with E-state index >= 15 is 0 Å². The van der Waals surface area contributed by atoms with Gasteiger partial charge < -0.3 is 15.2 Å². The van der Waals surface area contributed by atoms with Crippen LogP contribution in [0.25, 0.3) is 0 Å². The van der Waals surface area contributed by atoms with Crippen molar-refractivity contribution in [2.75, 3.05) is 13.2 Å². The standard InChI is InChI=1S/C19H20FNO4/c1-13-4-7-15(8-5-13)25-11-3-2-10-21-18(22)16-9-6-14(19(23)24)12-17(16)20/h4-9,12H,2-3,10-11H2,1H3,(H,21,22)(H,23,24). The highest BCUT2D eigenvalue weighted by atomic mass is 19.1. The van der Waals surface area contributed by atoms with Crippen molar-refractivity contribution in [3.05, 3.63) is 65.0 Å². The first kappa shape index (κ1) is 18.4. The van der Waals surface area contributed by atoms with Gasteiger partial charge in [-0.1, -0.05) is 17.7 Å². The molecule has 6 heteroatoms. The number of benzene rings is 2. The largest absolute Gasteiger partial charge is 0.494 e. The molecule has 25 heavy (non-hydrogen) atoms. The molecule has 0 bridgehead atoms. The number of halogens is 1. The highest BCUT2D eigenvalue weighted by Gasteiger charge is 2.13. The number of carbonyl (C=O) groups excluding carboxylic acids is 1. The first-order valence-corrected chi connectivity index (χ1v) is 7.98. The average molecular weight is 345 g/mol. The predicted molar refractivity (Wildman–Crippen MR) is 91.6 cm³/mol. The summed E-state index contributed by atoms with van der Waals surface area (Å²) < 4.78 is 19.3. The molecule has 2 N–H and O–H groups in total. The maximum absolute atomic E-state index is 13.8. The Morgan fingerprint density at radius 2 is 1.84 bits per heavy atom. The van der Waals surface area contributed by atoms with Gasteiger partial charge in [-0.2, -0.15) is 0 Å². The van der Waals surface area contributed by atoms with E-state index in [-0.39, 0.29) is 11.1 Å². The molecule has 2 rings (SSSR count). The Balaban J connectivity index is 1.70. The zero-order valence-corrected chi connectivity index (χ0v) is 13.9. The summed E-state index contributed by atoms with van der Waals surface area (Å²) in [5, 5.41) is 11.4. The number of unbranched alkanes of at least 4 members (excludes halogenated alkanes) is 1. The average Bonchev–Trinajstić information content (AvgIpc) is 2.59. The molecule has 0 aliphatic heterocycles. The number of rotatable bonds is 8. The van der Waals surface area contributed by atoms with E-state index in [4.69, 9.17) is 9.84 Å². The lowest BCUT2D eigenvalue weighted by Crippen LogP contribution is -2.25. The fourth-order valence-electron chi connectivity index (χ4n) is 2.18. The second kappa shape index (κ2) is 8.82. The third-order valence-electron chi connectivity index (χ3n) is 3.61. The van der Waals surface area contributed by atoms with E-state index < -0.39 is 17.7 Å². The van der Waals surface area contributed by atoms with Gasteiger partial charge in [-0.3, -0.25) is 4.79 Å². The molecule has 2 aromatic rings. The van der Waals surface area contributed by atoms with E-state index in [1.54, 1.807) is 0 Å². The number of carbonyl (C=O) groups is 2. The quantitative estimate of drug-likeness (QED) is 0.719. The number of ether oxygens (including phenoxy) is 1. The van der Waals surface area contributed by atoms with Crippen LogP contribution in [-0.2, 0) is 0 Å². The second-order valence-corrected chi connectivity index (χ2v) is 5.62. The molecule has 1 amide bonds. The van der Waals surface area contributed by atoms with Crippen molar-refractivity contribution in [1.82, 2.24) is 5.32 Å². The Kier molecular flexibility index (Phi) is 6.51. The summed E-state index contributed by atoms with van der Waals surface area (Å²) in [6.45, 7) is 2.92. The molecule has 0 aliphatic carbocycles. The lowest BCUT2D eigenvalue weighted by molar-refractivity contribution is 0.0695. The molecule has 132 valence electrons. The van der Waals surface area contributed by atoms with Crippen molar-refractivity contribution in [3.63, 3.8) is 0 Å². The molecular formula is C19H20FNO4. The Bertz CT molecular complexity index is 744. The van der Waals surface area contributed by atoms with E-state index in [0.717, 1.165) is 18.2 Å². The van der Waals surface area contributed by atoms with Crippen molar-refractivity contribution in [3.8, 4) is 5.75 Å². The van der Waals surface area contributed by atoms with Crippen molar-refractivity contribution < 1.29 is 23.8 Å². The fourth-order valence-corrected chi connectivity index (χ4v) is 2.18. The summed E-state index contributed by atoms with van der Waals surface area (Å²) in [5.41, 5.74) is 0.807. The Morgan fingerprint density at radius 3 is 2.48 bits per heavy atom. The second-order valence-electron chi connectivity index (χ2n) is 5.62. The molecule has 0 spiro atoms. The van der Waals surface area contributed by atoms with Crippen LogP contribution in [0.1, 0.15) is 39.1 Å². The third-order valence-corrected chi connectivity index (χ3v) is 3.61. The SMILES string of the molecule is Cc1ccc(OCCCCNC(=O)c2ccc(C(=O)O)cc2F)cc1. The molecule has 0 aliphatic rings. The molecule has 5 nitrogen and oxygen atoms in total. The minimum absolute atomic E-state index is 0.166. The molecule has 0 saturated heterocycles. The molecule has 0 aromatic heterocycles. The van der Waals surface area contributed by atoms with Crippen LogP contribution in [0.15, 0.2) is 42.5 Å². The summed E-state index contributed by atoms with van der Waals surface area (Å²) in [7, 11) is 0. The minimum Gasteiger partial charge on any atom is -0.494 e. The highest BCUT2D eigenvalue weighted by molar-refractivity contribution is 5.96.